The highest BCUT2D eigenvalue weighted by atomic mass is 16.4. The number of allylic oxidation sites excluding steroid dienone is 10. The molecule has 3 unspecified atom stereocenters. The van der Waals surface area contributed by atoms with Gasteiger partial charge in [-0.25, -0.2) is 4.79 Å². The monoisotopic (exact) mass is 508 g/mol. The van der Waals surface area contributed by atoms with Crippen molar-refractivity contribution in [3.8, 4) is 5.75 Å². The zero-order chi connectivity index (χ0) is 28.4. The van der Waals surface area contributed by atoms with Gasteiger partial charge in [0.2, 0.25) is 0 Å². The van der Waals surface area contributed by atoms with E-state index in [4.69, 9.17) is 4.42 Å². The molecule has 4 nitrogen and oxygen atoms in total. The third-order valence-corrected chi connectivity index (χ3v) is 6.61. The molecule has 0 spiro atoms. The summed E-state index contributed by atoms with van der Waals surface area (Å²) >= 11 is 0. The Bertz CT molecular complexity index is 1170. The number of carbonyl (C=O) groups excluding carboxylic acids is 1. The van der Waals surface area contributed by atoms with Gasteiger partial charge in [-0.3, -0.25) is 4.79 Å². The molecule has 0 aliphatic carbocycles. The van der Waals surface area contributed by atoms with E-state index >= 15 is 0 Å². The molecule has 0 aliphatic rings. The predicted octanol–water partition coefficient (Wildman–Crippen LogP) is 8.82. The molecule has 37 heavy (non-hydrogen) atoms. The summed E-state index contributed by atoms with van der Waals surface area (Å²) in [6.45, 7) is 21.8. The molecule has 1 heterocycles. The van der Waals surface area contributed by atoms with Crippen LogP contribution in [0.25, 0.3) is 5.57 Å². The minimum absolute atomic E-state index is 0.00420. The van der Waals surface area contributed by atoms with Gasteiger partial charge in [0.05, 0.1) is 5.56 Å². The average molecular weight is 509 g/mol. The summed E-state index contributed by atoms with van der Waals surface area (Å²) in [7, 11) is 0. The fourth-order valence-corrected chi connectivity index (χ4v) is 4.97. The van der Waals surface area contributed by atoms with Crippen molar-refractivity contribution in [3.05, 3.63) is 80.0 Å². The SMILES string of the molecule is CCCC(C)C(=O)C(C)=CC(C)C=C(C)C=C(C)C=C(C)CC(C)C=C(C)c1oc(=O)c(C)c(O)c1C. The molecule has 0 saturated carbocycles. The number of rotatable bonds is 12. The van der Waals surface area contributed by atoms with Crippen LogP contribution < -0.4 is 5.63 Å². The van der Waals surface area contributed by atoms with Crippen LogP contribution in [-0.2, 0) is 4.79 Å². The summed E-state index contributed by atoms with van der Waals surface area (Å²) < 4.78 is 5.45. The lowest BCUT2D eigenvalue weighted by Crippen LogP contribution is -2.12. The first-order chi connectivity index (χ1) is 17.2. The van der Waals surface area contributed by atoms with Gasteiger partial charge >= 0.3 is 5.63 Å². The van der Waals surface area contributed by atoms with Crippen molar-refractivity contribution in [1.82, 2.24) is 0 Å². The third kappa shape index (κ3) is 10.2. The number of carbonyl (C=O) groups is 1. The van der Waals surface area contributed by atoms with Gasteiger partial charge in [-0.1, -0.05) is 81.2 Å². The molecule has 0 fully saturated rings. The second-order valence-corrected chi connectivity index (χ2v) is 10.9. The maximum Gasteiger partial charge on any atom is 0.342 e. The molecule has 0 aliphatic heterocycles. The topological polar surface area (TPSA) is 67.5 Å². The molecule has 0 aromatic carbocycles. The summed E-state index contributed by atoms with van der Waals surface area (Å²) in [4.78, 5) is 24.5. The molecule has 1 aromatic heterocycles. The van der Waals surface area contributed by atoms with E-state index in [2.05, 4.69) is 71.9 Å². The Kier molecular flexibility index (Phi) is 12.8. The second-order valence-electron chi connectivity index (χ2n) is 10.9. The number of hydrogen-bond donors (Lipinski definition) is 1. The summed E-state index contributed by atoms with van der Waals surface area (Å²) in [6, 6.07) is 0. The Labute approximate surface area is 224 Å². The van der Waals surface area contributed by atoms with Crippen molar-refractivity contribution in [2.45, 2.75) is 95.4 Å². The molecule has 0 saturated heterocycles. The van der Waals surface area contributed by atoms with Gasteiger partial charge in [0.15, 0.2) is 5.78 Å². The normalized spacial score (nSPS) is 16.6. The summed E-state index contributed by atoms with van der Waals surface area (Å²) in [5, 5.41) is 10.2. The molecular formula is C33H48O4. The van der Waals surface area contributed by atoms with Gasteiger partial charge in [-0.05, 0) is 84.3 Å². The van der Waals surface area contributed by atoms with Crippen molar-refractivity contribution in [1.29, 1.82) is 0 Å². The van der Waals surface area contributed by atoms with Crippen molar-refractivity contribution in [2.24, 2.45) is 17.8 Å². The van der Waals surface area contributed by atoms with Crippen LogP contribution >= 0.6 is 0 Å². The minimum atomic E-state index is -0.503. The number of Topliss-reactive ketones (excluding diaryl/α,β-unsaturated/α-hetero) is 1. The van der Waals surface area contributed by atoms with Crippen molar-refractivity contribution < 1.29 is 14.3 Å². The highest BCUT2D eigenvalue weighted by molar-refractivity contribution is 5.96. The first-order valence-corrected chi connectivity index (χ1v) is 13.5. The highest BCUT2D eigenvalue weighted by Crippen LogP contribution is 2.28. The lowest BCUT2D eigenvalue weighted by molar-refractivity contribution is -0.118. The van der Waals surface area contributed by atoms with E-state index in [1.165, 1.54) is 16.7 Å². The zero-order valence-electron chi connectivity index (χ0n) is 24.9. The Hall–Kier alpha value is -2.88. The number of aromatic hydroxyl groups is 1. The summed E-state index contributed by atoms with van der Waals surface area (Å²) in [6.07, 6.45) is 13.5. The van der Waals surface area contributed by atoms with Crippen LogP contribution in [-0.4, -0.2) is 10.9 Å². The van der Waals surface area contributed by atoms with Crippen molar-refractivity contribution >= 4 is 11.4 Å². The van der Waals surface area contributed by atoms with Gasteiger partial charge in [0.25, 0.3) is 0 Å². The molecule has 0 bridgehead atoms. The van der Waals surface area contributed by atoms with Gasteiger partial charge in [0.1, 0.15) is 11.5 Å². The van der Waals surface area contributed by atoms with Gasteiger partial charge in [-0.15, -0.1) is 0 Å². The predicted molar refractivity (Wildman–Crippen MR) is 157 cm³/mol. The van der Waals surface area contributed by atoms with Crippen molar-refractivity contribution in [3.63, 3.8) is 0 Å². The van der Waals surface area contributed by atoms with Crippen LogP contribution in [0.4, 0.5) is 0 Å². The molecule has 204 valence electrons. The maximum absolute atomic E-state index is 12.5. The Balaban J connectivity index is 2.92. The lowest BCUT2D eigenvalue weighted by Gasteiger charge is -2.12. The molecule has 3 atom stereocenters. The van der Waals surface area contributed by atoms with E-state index in [-0.39, 0.29) is 34.8 Å². The van der Waals surface area contributed by atoms with Gasteiger partial charge in [0, 0.05) is 11.5 Å². The fourth-order valence-electron chi connectivity index (χ4n) is 4.97. The molecule has 0 amide bonds. The highest BCUT2D eigenvalue weighted by Gasteiger charge is 2.15. The van der Waals surface area contributed by atoms with Crippen molar-refractivity contribution in [2.75, 3.05) is 0 Å². The smallest absolute Gasteiger partial charge is 0.342 e. The fraction of sp³-hybridized carbons (Fsp3) is 0.515. The Morgan fingerprint density at radius 3 is 2.14 bits per heavy atom. The van der Waals surface area contributed by atoms with Gasteiger partial charge < -0.3 is 9.52 Å². The summed E-state index contributed by atoms with van der Waals surface area (Å²) in [5.74, 6) is 1.20. The van der Waals surface area contributed by atoms with Crippen LogP contribution in [0.3, 0.4) is 0 Å². The van der Waals surface area contributed by atoms with Crippen LogP contribution in [0.5, 0.6) is 5.75 Å². The van der Waals surface area contributed by atoms with E-state index in [0.29, 0.717) is 11.3 Å². The molecule has 1 N–H and O–H groups in total. The lowest BCUT2D eigenvalue weighted by atomic mass is 9.93. The standard InChI is InChI=1S/C33H48O4/c1-12-13-25(7)30(34)26(8)18-23(5)16-21(3)14-20(2)15-22(4)17-24(6)19-27(9)32-28(10)31(35)29(11)33(36)37-32/h14-16,18-19,23-25,35H,12-13,17H2,1-11H3. The van der Waals surface area contributed by atoms with E-state index in [0.717, 1.165) is 30.4 Å². The first-order valence-electron chi connectivity index (χ1n) is 13.5. The average Bonchev–Trinajstić information content (AvgIpc) is 2.78. The Morgan fingerprint density at radius 2 is 1.54 bits per heavy atom. The van der Waals surface area contributed by atoms with Crippen LogP contribution in [0, 0.1) is 31.6 Å². The van der Waals surface area contributed by atoms with E-state index in [9.17, 15) is 14.7 Å². The molecule has 4 heteroatoms. The number of hydrogen-bond acceptors (Lipinski definition) is 4. The molecule has 0 radical (unpaired) electrons. The third-order valence-electron chi connectivity index (χ3n) is 6.61. The van der Waals surface area contributed by atoms with Crippen LogP contribution in [0.15, 0.2) is 61.9 Å². The first kappa shape index (κ1) is 32.1. The zero-order valence-corrected chi connectivity index (χ0v) is 24.9. The number of ketones is 1. The van der Waals surface area contributed by atoms with Crippen LogP contribution in [0.1, 0.15) is 98.5 Å². The Morgan fingerprint density at radius 1 is 0.919 bits per heavy atom. The van der Waals surface area contributed by atoms with Crippen LogP contribution in [0.2, 0.25) is 0 Å². The van der Waals surface area contributed by atoms with E-state index in [1.807, 2.05) is 20.8 Å². The quantitative estimate of drug-likeness (QED) is 0.226. The minimum Gasteiger partial charge on any atom is -0.507 e. The van der Waals surface area contributed by atoms with E-state index < -0.39 is 5.63 Å². The maximum atomic E-state index is 12.5. The van der Waals surface area contributed by atoms with E-state index in [1.54, 1.807) is 13.8 Å². The molecule has 1 rings (SSSR count). The largest absolute Gasteiger partial charge is 0.507 e. The molecular weight excluding hydrogens is 460 g/mol. The molecule has 1 aromatic rings. The van der Waals surface area contributed by atoms with Gasteiger partial charge in [-0.2, -0.15) is 0 Å². The summed E-state index contributed by atoms with van der Waals surface area (Å²) in [5.41, 5.74) is 5.61. The second kappa shape index (κ2) is 14.8.